The molecule has 0 saturated heterocycles. The molecule has 24 heavy (non-hydrogen) atoms. The van der Waals surface area contributed by atoms with Crippen molar-refractivity contribution in [1.29, 1.82) is 0 Å². The summed E-state index contributed by atoms with van der Waals surface area (Å²) in [5.41, 5.74) is 4.45. The second-order valence-corrected chi connectivity index (χ2v) is 5.36. The second kappa shape index (κ2) is 7.42. The van der Waals surface area contributed by atoms with E-state index in [-0.39, 0.29) is 5.91 Å². The van der Waals surface area contributed by atoms with Gasteiger partial charge in [-0.3, -0.25) is 4.79 Å². The monoisotopic (exact) mass is 318 g/mol. The lowest BCUT2D eigenvalue weighted by Gasteiger charge is -2.07. The van der Waals surface area contributed by atoms with Crippen molar-refractivity contribution in [1.82, 2.24) is 5.43 Å². The van der Waals surface area contributed by atoms with Crippen molar-refractivity contribution in [3.05, 3.63) is 77.9 Å². The first-order valence-electron chi connectivity index (χ1n) is 7.69. The lowest BCUT2D eigenvalue weighted by Crippen LogP contribution is -2.19. The predicted molar refractivity (Wildman–Crippen MR) is 96.4 cm³/mol. The summed E-state index contributed by atoms with van der Waals surface area (Å²) in [6.07, 6.45) is 1.96. The number of rotatable bonds is 5. The Hall–Kier alpha value is -3.14. The molecule has 0 bridgehead atoms. The standard InChI is InChI=1S/C20H18N2O2/c1-24-19-12-11-16(17-9-5-6-10-18(17)19)14-21-22-20(23)13-15-7-3-2-4-8-15/h2-12,14H,13H2,1H3,(H,22,23). The molecule has 0 fully saturated rings. The van der Waals surface area contributed by atoms with Crippen molar-refractivity contribution in [2.45, 2.75) is 6.42 Å². The SMILES string of the molecule is COc1ccc(C=NNC(=O)Cc2ccccc2)c2ccccc12. The molecule has 1 N–H and O–H groups in total. The summed E-state index contributed by atoms with van der Waals surface area (Å²) in [7, 11) is 1.65. The molecule has 3 aromatic rings. The van der Waals surface area contributed by atoms with Crippen molar-refractivity contribution < 1.29 is 9.53 Å². The molecule has 0 aliphatic carbocycles. The molecule has 4 nitrogen and oxygen atoms in total. The molecular formula is C20H18N2O2. The van der Waals surface area contributed by atoms with E-state index in [1.807, 2.05) is 66.7 Å². The van der Waals surface area contributed by atoms with Crippen LogP contribution in [0, 0.1) is 0 Å². The number of amides is 1. The first-order chi connectivity index (χ1) is 11.8. The molecule has 0 spiro atoms. The van der Waals surface area contributed by atoms with Crippen LogP contribution in [0.4, 0.5) is 0 Å². The van der Waals surface area contributed by atoms with Crippen molar-refractivity contribution in [3.8, 4) is 5.75 Å². The highest BCUT2D eigenvalue weighted by atomic mass is 16.5. The van der Waals surface area contributed by atoms with Crippen molar-refractivity contribution in [2.75, 3.05) is 7.11 Å². The molecule has 0 aliphatic heterocycles. The second-order valence-electron chi connectivity index (χ2n) is 5.36. The van der Waals surface area contributed by atoms with Gasteiger partial charge in [-0.15, -0.1) is 0 Å². The largest absolute Gasteiger partial charge is 0.496 e. The number of ether oxygens (including phenoxy) is 1. The number of nitrogens with zero attached hydrogens (tertiary/aromatic N) is 1. The Labute approximate surface area is 140 Å². The molecule has 3 aromatic carbocycles. The van der Waals surface area contributed by atoms with E-state index in [2.05, 4.69) is 10.5 Å². The summed E-state index contributed by atoms with van der Waals surface area (Å²) in [6, 6.07) is 21.3. The van der Waals surface area contributed by atoms with Crippen LogP contribution in [0.3, 0.4) is 0 Å². The van der Waals surface area contributed by atoms with Crippen LogP contribution in [0.15, 0.2) is 71.8 Å². The molecule has 0 heterocycles. The zero-order valence-electron chi connectivity index (χ0n) is 13.4. The Kier molecular flexibility index (Phi) is 4.87. The molecule has 0 atom stereocenters. The Morgan fingerprint density at radius 1 is 1.00 bits per heavy atom. The average Bonchev–Trinajstić information content (AvgIpc) is 2.62. The molecule has 0 radical (unpaired) electrons. The first-order valence-corrected chi connectivity index (χ1v) is 7.69. The third kappa shape index (κ3) is 3.60. The zero-order chi connectivity index (χ0) is 16.8. The number of carbonyl (C=O) groups excluding carboxylic acids is 1. The third-order valence-electron chi connectivity index (χ3n) is 3.74. The number of hydrogen-bond donors (Lipinski definition) is 1. The molecule has 0 unspecified atom stereocenters. The summed E-state index contributed by atoms with van der Waals surface area (Å²) in [6.45, 7) is 0. The number of fused-ring (bicyclic) bond motifs is 1. The maximum atomic E-state index is 11.9. The van der Waals surface area contributed by atoms with Crippen molar-refractivity contribution in [3.63, 3.8) is 0 Å². The Bertz CT molecular complexity index is 873. The summed E-state index contributed by atoms with van der Waals surface area (Å²) in [4.78, 5) is 11.9. The van der Waals surface area contributed by atoms with E-state index < -0.39 is 0 Å². The smallest absolute Gasteiger partial charge is 0.244 e. The van der Waals surface area contributed by atoms with Gasteiger partial charge in [-0.1, -0.05) is 54.6 Å². The minimum Gasteiger partial charge on any atom is -0.496 e. The topological polar surface area (TPSA) is 50.7 Å². The zero-order valence-corrected chi connectivity index (χ0v) is 13.4. The molecule has 120 valence electrons. The van der Waals surface area contributed by atoms with E-state index >= 15 is 0 Å². The van der Waals surface area contributed by atoms with Gasteiger partial charge in [-0.05, 0) is 23.1 Å². The maximum absolute atomic E-state index is 11.9. The summed E-state index contributed by atoms with van der Waals surface area (Å²) >= 11 is 0. The number of hydrazone groups is 1. The average molecular weight is 318 g/mol. The van der Waals surface area contributed by atoms with E-state index in [1.165, 1.54) is 0 Å². The van der Waals surface area contributed by atoms with Crippen LogP contribution in [0.2, 0.25) is 0 Å². The van der Waals surface area contributed by atoms with Crippen molar-refractivity contribution in [2.24, 2.45) is 5.10 Å². The lowest BCUT2D eigenvalue weighted by molar-refractivity contribution is -0.120. The fraction of sp³-hybridized carbons (Fsp3) is 0.100. The van der Waals surface area contributed by atoms with E-state index in [9.17, 15) is 4.79 Å². The summed E-state index contributed by atoms with van der Waals surface area (Å²) in [5, 5.41) is 6.12. The van der Waals surface area contributed by atoms with Crippen LogP contribution in [0.5, 0.6) is 5.75 Å². The van der Waals surface area contributed by atoms with Gasteiger partial charge in [0.05, 0.1) is 19.7 Å². The number of methoxy groups -OCH3 is 1. The highest BCUT2D eigenvalue weighted by Crippen LogP contribution is 2.27. The van der Waals surface area contributed by atoms with Crippen LogP contribution in [0.1, 0.15) is 11.1 Å². The normalized spacial score (nSPS) is 10.9. The van der Waals surface area contributed by atoms with Gasteiger partial charge >= 0.3 is 0 Å². The molecule has 1 amide bonds. The van der Waals surface area contributed by atoms with Crippen LogP contribution >= 0.6 is 0 Å². The number of nitrogens with one attached hydrogen (secondary N) is 1. The number of benzene rings is 3. The van der Waals surface area contributed by atoms with Crippen molar-refractivity contribution >= 4 is 22.9 Å². The number of carbonyl (C=O) groups is 1. The van der Waals surface area contributed by atoms with Gasteiger partial charge in [0.1, 0.15) is 5.75 Å². The fourth-order valence-electron chi connectivity index (χ4n) is 2.58. The van der Waals surface area contributed by atoms with Crippen LogP contribution in [-0.4, -0.2) is 19.2 Å². The van der Waals surface area contributed by atoms with Crippen LogP contribution in [-0.2, 0) is 11.2 Å². The molecular weight excluding hydrogens is 300 g/mol. The van der Waals surface area contributed by atoms with Gasteiger partial charge < -0.3 is 4.74 Å². The highest BCUT2D eigenvalue weighted by Gasteiger charge is 2.05. The Balaban J connectivity index is 1.73. The van der Waals surface area contributed by atoms with Crippen LogP contribution < -0.4 is 10.2 Å². The van der Waals surface area contributed by atoms with Gasteiger partial charge in [-0.2, -0.15) is 5.10 Å². The quantitative estimate of drug-likeness (QED) is 0.578. The molecule has 0 aromatic heterocycles. The van der Waals surface area contributed by atoms with Gasteiger partial charge in [0.25, 0.3) is 0 Å². The Morgan fingerprint density at radius 2 is 1.71 bits per heavy atom. The van der Waals surface area contributed by atoms with E-state index in [1.54, 1.807) is 13.3 Å². The van der Waals surface area contributed by atoms with Gasteiger partial charge in [0.15, 0.2) is 0 Å². The first kappa shape index (κ1) is 15.7. The maximum Gasteiger partial charge on any atom is 0.244 e. The highest BCUT2D eigenvalue weighted by molar-refractivity contribution is 6.02. The van der Waals surface area contributed by atoms with E-state index in [0.717, 1.165) is 27.6 Å². The van der Waals surface area contributed by atoms with Gasteiger partial charge in [0, 0.05) is 10.9 Å². The minimum atomic E-state index is -0.143. The predicted octanol–water partition coefficient (Wildman–Crippen LogP) is 3.54. The van der Waals surface area contributed by atoms with Crippen LogP contribution in [0.25, 0.3) is 10.8 Å². The molecule has 0 aliphatic rings. The van der Waals surface area contributed by atoms with Gasteiger partial charge in [-0.25, -0.2) is 5.43 Å². The lowest BCUT2D eigenvalue weighted by atomic mass is 10.0. The third-order valence-corrected chi connectivity index (χ3v) is 3.74. The van der Waals surface area contributed by atoms with E-state index in [4.69, 9.17) is 4.74 Å². The summed E-state index contributed by atoms with van der Waals surface area (Å²) < 4.78 is 5.38. The Morgan fingerprint density at radius 3 is 2.46 bits per heavy atom. The van der Waals surface area contributed by atoms with E-state index in [0.29, 0.717) is 6.42 Å². The van der Waals surface area contributed by atoms with Gasteiger partial charge in [0.2, 0.25) is 5.91 Å². The summed E-state index contributed by atoms with van der Waals surface area (Å²) in [5.74, 6) is 0.672. The molecule has 4 heteroatoms. The fourth-order valence-corrected chi connectivity index (χ4v) is 2.58. The molecule has 0 saturated carbocycles. The minimum absolute atomic E-state index is 0.143. The molecule has 3 rings (SSSR count). The number of hydrogen-bond acceptors (Lipinski definition) is 3.